The van der Waals surface area contributed by atoms with Crippen molar-refractivity contribution in [2.24, 2.45) is 0 Å². The minimum atomic E-state index is 0.465. The van der Waals surface area contributed by atoms with Crippen molar-refractivity contribution >= 4 is 0 Å². The molecule has 0 aliphatic rings. The standard InChI is InChI=1S/C17H22N2O/c1-12(2)19-10-14-6-5-13(3)7-17(14)15-8-16(20-4)11-18-9-15/h5-9,11-12,19H,10H2,1-4H3. The molecule has 0 bridgehead atoms. The average molecular weight is 270 g/mol. The minimum Gasteiger partial charge on any atom is -0.495 e. The van der Waals surface area contributed by atoms with E-state index in [2.05, 4.69) is 49.3 Å². The molecular formula is C17H22N2O. The Labute approximate surface area is 121 Å². The molecule has 0 radical (unpaired) electrons. The van der Waals surface area contributed by atoms with Crippen molar-refractivity contribution in [1.29, 1.82) is 0 Å². The summed E-state index contributed by atoms with van der Waals surface area (Å²) in [5.74, 6) is 0.784. The summed E-state index contributed by atoms with van der Waals surface area (Å²) in [6.07, 6.45) is 3.61. The smallest absolute Gasteiger partial charge is 0.137 e. The predicted octanol–water partition coefficient (Wildman–Crippen LogP) is 3.56. The average Bonchev–Trinajstić information content (AvgIpc) is 2.46. The Hall–Kier alpha value is -1.87. The monoisotopic (exact) mass is 270 g/mol. The first-order valence-corrected chi connectivity index (χ1v) is 6.92. The Balaban J connectivity index is 2.39. The fourth-order valence-corrected chi connectivity index (χ4v) is 2.11. The zero-order valence-electron chi connectivity index (χ0n) is 12.6. The number of rotatable bonds is 5. The molecular weight excluding hydrogens is 248 g/mol. The van der Waals surface area contributed by atoms with Crippen LogP contribution in [0.25, 0.3) is 11.1 Å². The number of benzene rings is 1. The maximum absolute atomic E-state index is 5.27. The molecule has 0 amide bonds. The summed E-state index contributed by atoms with van der Waals surface area (Å²) >= 11 is 0. The Morgan fingerprint density at radius 1 is 1.20 bits per heavy atom. The van der Waals surface area contributed by atoms with E-state index in [-0.39, 0.29) is 0 Å². The van der Waals surface area contributed by atoms with Crippen LogP contribution in [-0.4, -0.2) is 18.1 Å². The lowest BCUT2D eigenvalue weighted by molar-refractivity contribution is 0.413. The molecule has 0 unspecified atom stereocenters. The van der Waals surface area contributed by atoms with E-state index in [1.165, 1.54) is 16.7 Å². The van der Waals surface area contributed by atoms with E-state index < -0.39 is 0 Å². The number of aromatic nitrogens is 1. The Bertz CT molecular complexity index is 579. The van der Waals surface area contributed by atoms with Gasteiger partial charge in [0.25, 0.3) is 0 Å². The van der Waals surface area contributed by atoms with E-state index in [1.54, 1.807) is 13.3 Å². The number of nitrogens with zero attached hydrogens (tertiary/aromatic N) is 1. The van der Waals surface area contributed by atoms with Crippen molar-refractivity contribution in [1.82, 2.24) is 10.3 Å². The molecule has 1 aromatic carbocycles. The van der Waals surface area contributed by atoms with Gasteiger partial charge in [0, 0.05) is 24.3 Å². The van der Waals surface area contributed by atoms with E-state index >= 15 is 0 Å². The van der Waals surface area contributed by atoms with Crippen molar-refractivity contribution in [3.8, 4) is 16.9 Å². The molecule has 2 rings (SSSR count). The molecule has 3 heteroatoms. The second-order valence-corrected chi connectivity index (χ2v) is 5.31. The van der Waals surface area contributed by atoms with Crippen LogP contribution in [0.3, 0.4) is 0 Å². The summed E-state index contributed by atoms with van der Waals surface area (Å²) in [5, 5.41) is 3.47. The van der Waals surface area contributed by atoms with Crippen LogP contribution in [-0.2, 0) is 6.54 Å². The number of hydrogen-bond donors (Lipinski definition) is 1. The molecule has 0 aliphatic heterocycles. The predicted molar refractivity (Wildman–Crippen MR) is 82.9 cm³/mol. The van der Waals surface area contributed by atoms with Crippen LogP contribution in [0.2, 0.25) is 0 Å². The van der Waals surface area contributed by atoms with E-state index in [0.29, 0.717) is 6.04 Å². The van der Waals surface area contributed by atoms with Crippen LogP contribution < -0.4 is 10.1 Å². The highest BCUT2D eigenvalue weighted by atomic mass is 16.5. The first kappa shape index (κ1) is 14.5. The van der Waals surface area contributed by atoms with Gasteiger partial charge in [0.15, 0.2) is 0 Å². The maximum Gasteiger partial charge on any atom is 0.137 e. The molecule has 0 fully saturated rings. The molecule has 0 saturated carbocycles. The summed E-state index contributed by atoms with van der Waals surface area (Å²) in [5.41, 5.74) is 4.83. The van der Waals surface area contributed by atoms with E-state index in [9.17, 15) is 0 Å². The lowest BCUT2D eigenvalue weighted by atomic mass is 9.98. The highest BCUT2D eigenvalue weighted by molar-refractivity contribution is 5.68. The summed E-state index contributed by atoms with van der Waals surface area (Å²) in [6, 6.07) is 9.02. The summed E-state index contributed by atoms with van der Waals surface area (Å²) in [4.78, 5) is 4.25. The minimum absolute atomic E-state index is 0.465. The highest BCUT2D eigenvalue weighted by Crippen LogP contribution is 2.27. The third kappa shape index (κ3) is 3.58. The van der Waals surface area contributed by atoms with Gasteiger partial charge in [0.05, 0.1) is 13.3 Å². The molecule has 20 heavy (non-hydrogen) atoms. The molecule has 0 aliphatic carbocycles. The van der Waals surface area contributed by atoms with Crippen molar-refractivity contribution < 1.29 is 4.74 Å². The molecule has 2 aromatic rings. The van der Waals surface area contributed by atoms with Crippen LogP contribution in [0.15, 0.2) is 36.7 Å². The fraction of sp³-hybridized carbons (Fsp3) is 0.353. The third-order valence-corrected chi connectivity index (χ3v) is 3.23. The van der Waals surface area contributed by atoms with Gasteiger partial charge in [0.2, 0.25) is 0 Å². The third-order valence-electron chi connectivity index (χ3n) is 3.23. The summed E-state index contributed by atoms with van der Waals surface area (Å²) < 4.78 is 5.27. The van der Waals surface area contributed by atoms with Gasteiger partial charge in [-0.1, -0.05) is 37.6 Å². The van der Waals surface area contributed by atoms with Crippen LogP contribution in [0.5, 0.6) is 5.75 Å². The van der Waals surface area contributed by atoms with Gasteiger partial charge in [-0.05, 0) is 24.1 Å². The van der Waals surface area contributed by atoms with Crippen molar-refractivity contribution in [3.05, 3.63) is 47.8 Å². The highest BCUT2D eigenvalue weighted by Gasteiger charge is 2.08. The molecule has 3 nitrogen and oxygen atoms in total. The SMILES string of the molecule is COc1cncc(-c2cc(C)ccc2CNC(C)C)c1. The Kier molecular flexibility index (Phi) is 4.74. The quantitative estimate of drug-likeness (QED) is 0.902. The fourth-order valence-electron chi connectivity index (χ4n) is 2.11. The van der Waals surface area contributed by atoms with Crippen molar-refractivity contribution in [2.75, 3.05) is 7.11 Å². The molecule has 0 saturated heterocycles. The van der Waals surface area contributed by atoms with E-state index in [4.69, 9.17) is 4.74 Å². The Morgan fingerprint density at radius 2 is 2.00 bits per heavy atom. The number of nitrogens with one attached hydrogen (secondary N) is 1. The second kappa shape index (κ2) is 6.53. The molecule has 106 valence electrons. The van der Waals surface area contributed by atoms with Gasteiger partial charge < -0.3 is 10.1 Å². The number of ether oxygens (including phenoxy) is 1. The van der Waals surface area contributed by atoms with Crippen LogP contribution in [0.4, 0.5) is 0 Å². The van der Waals surface area contributed by atoms with Gasteiger partial charge in [-0.25, -0.2) is 0 Å². The van der Waals surface area contributed by atoms with Gasteiger partial charge in [-0.3, -0.25) is 4.98 Å². The van der Waals surface area contributed by atoms with E-state index in [0.717, 1.165) is 17.9 Å². The van der Waals surface area contributed by atoms with Crippen LogP contribution in [0.1, 0.15) is 25.0 Å². The summed E-state index contributed by atoms with van der Waals surface area (Å²) in [7, 11) is 1.66. The van der Waals surface area contributed by atoms with Gasteiger partial charge in [-0.15, -0.1) is 0 Å². The molecule has 1 N–H and O–H groups in total. The lowest BCUT2D eigenvalue weighted by Crippen LogP contribution is -2.22. The number of pyridine rings is 1. The van der Waals surface area contributed by atoms with Gasteiger partial charge in [-0.2, -0.15) is 0 Å². The zero-order valence-corrected chi connectivity index (χ0v) is 12.6. The topological polar surface area (TPSA) is 34.1 Å². The van der Waals surface area contributed by atoms with Gasteiger partial charge >= 0.3 is 0 Å². The van der Waals surface area contributed by atoms with Crippen LogP contribution >= 0.6 is 0 Å². The molecule has 1 heterocycles. The van der Waals surface area contributed by atoms with Crippen molar-refractivity contribution in [3.63, 3.8) is 0 Å². The maximum atomic E-state index is 5.27. The second-order valence-electron chi connectivity index (χ2n) is 5.31. The van der Waals surface area contributed by atoms with Crippen LogP contribution in [0, 0.1) is 6.92 Å². The molecule has 0 atom stereocenters. The number of hydrogen-bond acceptors (Lipinski definition) is 3. The van der Waals surface area contributed by atoms with Gasteiger partial charge in [0.1, 0.15) is 5.75 Å². The first-order chi connectivity index (χ1) is 9.60. The number of methoxy groups -OCH3 is 1. The van der Waals surface area contributed by atoms with E-state index in [1.807, 2.05) is 12.3 Å². The molecule has 0 spiro atoms. The molecule has 1 aromatic heterocycles. The largest absolute Gasteiger partial charge is 0.495 e. The van der Waals surface area contributed by atoms with Crippen molar-refractivity contribution in [2.45, 2.75) is 33.4 Å². The first-order valence-electron chi connectivity index (χ1n) is 6.92. The number of aryl methyl sites for hydroxylation is 1. The zero-order chi connectivity index (χ0) is 14.5. The Morgan fingerprint density at radius 3 is 2.70 bits per heavy atom. The lowest BCUT2D eigenvalue weighted by Gasteiger charge is -2.14. The normalized spacial score (nSPS) is 10.8. The summed E-state index contributed by atoms with van der Waals surface area (Å²) in [6.45, 7) is 7.27.